The van der Waals surface area contributed by atoms with E-state index in [4.69, 9.17) is 16.6 Å². The maximum absolute atomic E-state index is 10.0. The molecule has 6 rings (SSSR count). The summed E-state index contributed by atoms with van der Waals surface area (Å²) in [4.78, 5) is 4.69. The largest absolute Gasteiger partial charge is 0.377 e. The second-order valence-corrected chi connectivity index (χ2v) is 10.6. The lowest BCUT2D eigenvalue weighted by Gasteiger charge is -2.23. The molecule has 0 unspecified atom stereocenters. The number of anilines is 2. The quantitative estimate of drug-likeness (QED) is 0.195. The van der Waals surface area contributed by atoms with E-state index < -0.39 is 6.04 Å². The summed E-state index contributed by atoms with van der Waals surface area (Å²) in [6.07, 6.45) is 6.50. The van der Waals surface area contributed by atoms with Gasteiger partial charge in [0.1, 0.15) is 11.8 Å². The van der Waals surface area contributed by atoms with E-state index in [2.05, 4.69) is 52.1 Å². The van der Waals surface area contributed by atoms with E-state index in [-0.39, 0.29) is 6.04 Å². The molecule has 2 atom stereocenters. The molecular formula is C32H27ClN8. The zero-order chi connectivity index (χ0) is 28.3. The fourth-order valence-electron chi connectivity index (χ4n) is 5.11. The average molecular weight is 559 g/mol. The molecule has 5 aromatic rings. The van der Waals surface area contributed by atoms with Crippen LogP contribution in [-0.2, 0) is 0 Å². The molecule has 1 saturated carbocycles. The second-order valence-electron chi connectivity index (χ2n) is 10.2. The van der Waals surface area contributed by atoms with E-state index in [9.17, 15) is 10.5 Å². The molecule has 2 aromatic heterocycles. The van der Waals surface area contributed by atoms with Crippen molar-refractivity contribution in [3.05, 3.63) is 112 Å². The molecule has 1 aliphatic carbocycles. The van der Waals surface area contributed by atoms with Crippen LogP contribution in [0.3, 0.4) is 0 Å². The first-order valence-electron chi connectivity index (χ1n) is 13.6. The molecule has 202 valence electrons. The molecule has 1 aliphatic rings. The van der Waals surface area contributed by atoms with E-state index in [0.717, 1.165) is 30.4 Å². The molecule has 0 amide bonds. The van der Waals surface area contributed by atoms with Crippen molar-refractivity contribution in [3.8, 4) is 12.1 Å². The third-order valence-corrected chi connectivity index (χ3v) is 7.75. The van der Waals surface area contributed by atoms with Crippen LogP contribution in [0.4, 0.5) is 11.4 Å². The SMILES string of the molecule is CC[C@@H](Nc1c(C#N)cnc2c(N[C@H](c3cn(C4CC4)nn3)c3ccccc3Cl)cc(C#N)cc12)c1ccccc1. The number of rotatable bonds is 9. The fourth-order valence-corrected chi connectivity index (χ4v) is 5.36. The van der Waals surface area contributed by atoms with Crippen molar-refractivity contribution in [1.29, 1.82) is 10.5 Å². The summed E-state index contributed by atoms with van der Waals surface area (Å²) in [6.45, 7) is 2.09. The first-order valence-corrected chi connectivity index (χ1v) is 14.0. The van der Waals surface area contributed by atoms with E-state index in [0.29, 0.717) is 50.2 Å². The van der Waals surface area contributed by atoms with Crippen LogP contribution in [0, 0.1) is 22.7 Å². The molecule has 9 heteroatoms. The van der Waals surface area contributed by atoms with Gasteiger partial charge in [-0.2, -0.15) is 10.5 Å². The van der Waals surface area contributed by atoms with Gasteiger partial charge in [0.15, 0.2) is 0 Å². The summed E-state index contributed by atoms with van der Waals surface area (Å²) in [5.74, 6) is 0. The predicted octanol–water partition coefficient (Wildman–Crippen LogP) is 7.32. The van der Waals surface area contributed by atoms with Crippen LogP contribution in [0.1, 0.15) is 72.3 Å². The lowest BCUT2D eigenvalue weighted by Crippen LogP contribution is -2.15. The Bertz CT molecular complexity index is 1800. The molecule has 0 radical (unpaired) electrons. The van der Waals surface area contributed by atoms with Gasteiger partial charge in [-0.25, -0.2) is 4.68 Å². The molecule has 0 spiro atoms. The highest BCUT2D eigenvalue weighted by atomic mass is 35.5. The topological polar surface area (TPSA) is 115 Å². The lowest BCUT2D eigenvalue weighted by molar-refractivity contribution is 0.610. The molecule has 41 heavy (non-hydrogen) atoms. The Balaban J connectivity index is 1.48. The molecule has 2 heterocycles. The minimum absolute atomic E-state index is 0.0376. The number of halogens is 1. The smallest absolute Gasteiger partial charge is 0.110 e. The first kappa shape index (κ1) is 26.3. The van der Waals surface area contributed by atoms with Gasteiger partial charge in [-0.05, 0) is 48.6 Å². The number of hydrogen-bond donors (Lipinski definition) is 2. The van der Waals surface area contributed by atoms with Crippen LogP contribution in [0.25, 0.3) is 10.9 Å². The predicted molar refractivity (Wildman–Crippen MR) is 159 cm³/mol. The van der Waals surface area contributed by atoms with Gasteiger partial charge in [0.05, 0.1) is 58.4 Å². The van der Waals surface area contributed by atoms with Gasteiger partial charge in [-0.15, -0.1) is 5.10 Å². The number of hydrogen-bond acceptors (Lipinski definition) is 7. The molecule has 0 bridgehead atoms. The van der Waals surface area contributed by atoms with Gasteiger partial charge < -0.3 is 10.6 Å². The Morgan fingerprint density at radius 2 is 1.80 bits per heavy atom. The standard InChI is InChI=1S/C32H27ClN8/c1-2-27(21-8-4-3-5-9-21)37-30-22(17-35)18-36-31-25(30)14-20(16-34)15-28(31)38-32(24-10-6-7-11-26(24)33)29-19-41(40-39-29)23-12-13-23/h3-11,14-15,18-19,23,27,32,38H,2,12-13H2,1H3,(H,36,37)/t27-,32+/m1/s1. The Morgan fingerprint density at radius 3 is 2.51 bits per heavy atom. The van der Waals surface area contributed by atoms with E-state index in [1.165, 1.54) is 0 Å². The van der Waals surface area contributed by atoms with Crippen LogP contribution in [-0.4, -0.2) is 20.0 Å². The van der Waals surface area contributed by atoms with Crippen molar-refractivity contribution >= 4 is 33.9 Å². The number of fused-ring (bicyclic) bond motifs is 1. The minimum atomic E-state index is -0.449. The summed E-state index contributed by atoms with van der Waals surface area (Å²) in [6, 6.07) is 25.7. The average Bonchev–Trinajstić information content (AvgIpc) is 3.75. The maximum atomic E-state index is 10.0. The number of nitriles is 2. The Hall–Kier alpha value is -4.92. The van der Waals surface area contributed by atoms with Crippen molar-refractivity contribution in [3.63, 3.8) is 0 Å². The van der Waals surface area contributed by atoms with Crippen LogP contribution >= 0.6 is 11.6 Å². The molecule has 8 nitrogen and oxygen atoms in total. The van der Waals surface area contributed by atoms with E-state index >= 15 is 0 Å². The summed E-state index contributed by atoms with van der Waals surface area (Å²) < 4.78 is 1.90. The van der Waals surface area contributed by atoms with Gasteiger partial charge in [0.25, 0.3) is 0 Å². The maximum Gasteiger partial charge on any atom is 0.110 e. The summed E-state index contributed by atoms with van der Waals surface area (Å²) in [5, 5.41) is 37.3. The summed E-state index contributed by atoms with van der Waals surface area (Å²) >= 11 is 6.68. The van der Waals surface area contributed by atoms with Crippen LogP contribution in [0.2, 0.25) is 5.02 Å². The summed E-state index contributed by atoms with van der Waals surface area (Å²) in [7, 11) is 0. The van der Waals surface area contributed by atoms with E-state index in [1.54, 1.807) is 18.3 Å². The number of benzene rings is 3. The van der Waals surface area contributed by atoms with Crippen molar-refractivity contribution < 1.29 is 0 Å². The van der Waals surface area contributed by atoms with Gasteiger partial charge in [-0.1, -0.05) is 72.3 Å². The Labute approximate surface area is 243 Å². The lowest BCUT2D eigenvalue weighted by atomic mass is 10.00. The molecule has 0 saturated heterocycles. The Kier molecular flexibility index (Phi) is 7.24. The second kappa shape index (κ2) is 11.3. The van der Waals surface area contributed by atoms with Gasteiger partial charge in [0.2, 0.25) is 0 Å². The molecule has 2 N–H and O–H groups in total. The third kappa shape index (κ3) is 5.30. The van der Waals surface area contributed by atoms with Crippen molar-refractivity contribution in [1.82, 2.24) is 20.0 Å². The van der Waals surface area contributed by atoms with Crippen molar-refractivity contribution in [2.24, 2.45) is 0 Å². The zero-order valence-electron chi connectivity index (χ0n) is 22.4. The summed E-state index contributed by atoms with van der Waals surface area (Å²) in [5.41, 5.74) is 5.39. The number of nitrogens with zero attached hydrogens (tertiary/aromatic N) is 6. The van der Waals surface area contributed by atoms with Crippen LogP contribution in [0.5, 0.6) is 0 Å². The molecule has 3 aromatic carbocycles. The molecule has 1 fully saturated rings. The highest BCUT2D eigenvalue weighted by Crippen LogP contribution is 2.39. The Morgan fingerprint density at radius 1 is 1.02 bits per heavy atom. The van der Waals surface area contributed by atoms with E-state index in [1.807, 2.05) is 53.3 Å². The monoisotopic (exact) mass is 558 g/mol. The normalized spacial score (nSPS) is 14.1. The van der Waals surface area contributed by atoms with Gasteiger partial charge in [-0.3, -0.25) is 4.98 Å². The third-order valence-electron chi connectivity index (χ3n) is 7.41. The number of aromatic nitrogens is 4. The number of nitrogens with one attached hydrogen (secondary N) is 2. The van der Waals surface area contributed by atoms with Crippen LogP contribution < -0.4 is 10.6 Å². The van der Waals surface area contributed by atoms with Crippen molar-refractivity contribution in [2.75, 3.05) is 10.6 Å². The minimum Gasteiger partial charge on any atom is -0.377 e. The molecule has 0 aliphatic heterocycles. The fraction of sp³-hybridized carbons (Fsp3) is 0.219. The highest BCUT2D eigenvalue weighted by molar-refractivity contribution is 6.31. The van der Waals surface area contributed by atoms with Gasteiger partial charge >= 0.3 is 0 Å². The first-order chi connectivity index (χ1) is 20.1. The van der Waals surface area contributed by atoms with Gasteiger partial charge in [0, 0.05) is 16.6 Å². The number of pyridine rings is 1. The highest BCUT2D eigenvalue weighted by Gasteiger charge is 2.28. The zero-order valence-corrected chi connectivity index (χ0v) is 23.2. The molecular weight excluding hydrogens is 532 g/mol. The van der Waals surface area contributed by atoms with Crippen LogP contribution in [0.15, 0.2) is 79.1 Å². The van der Waals surface area contributed by atoms with Crippen molar-refractivity contribution in [2.45, 2.75) is 44.3 Å².